The predicted octanol–water partition coefficient (Wildman–Crippen LogP) is 2.38. The Bertz CT molecular complexity index is 965. The predicted molar refractivity (Wildman–Crippen MR) is 118 cm³/mol. The number of nitrogens with zero attached hydrogens (tertiary/aromatic N) is 2. The zero-order valence-corrected chi connectivity index (χ0v) is 17.6. The van der Waals surface area contributed by atoms with E-state index in [0.29, 0.717) is 37.0 Å². The molecule has 2 aromatic rings. The van der Waals surface area contributed by atoms with Gasteiger partial charge in [0.15, 0.2) is 0 Å². The fourth-order valence-corrected chi connectivity index (χ4v) is 3.00. The Kier molecular flexibility index (Phi) is 9.55. The molecule has 8 nitrogen and oxygen atoms in total. The summed E-state index contributed by atoms with van der Waals surface area (Å²) in [5, 5.41) is 11.4. The van der Waals surface area contributed by atoms with Crippen LogP contribution >= 0.6 is 0 Å². The number of aromatic nitrogens is 1. The van der Waals surface area contributed by atoms with E-state index in [1.807, 2.05) is 26.0 Å². The zero-order valence-electron chi connectivity index (χ0n) is 17.6. The van der Waals surface area contributed by atoms with Gasteiger partial charge in [-0.05, 0) is 51.8 Å². The number of aryl methyl sites for hydroxylation is 1. The van der Waals surface area contributed by atoms with Gasteiger partial charge in [-0.2, -0.15) is 0 Å². The van der Waals surface area contributed by atoms with Crippen molar-refractivity contribution in [3.8, 4) is 0 Å². The number of carbonyl (C=O) groups excluding carboxylic acids is 1. The standard InChI is InChI=1S/C21H29N3O5.Na.H/c1-6-23-13-16(19(26)27)18(25)15-12-14(8-9-17(15)23)10-11-24(7-2)22-20(28)29-21(3,4)5;;/h8-9,12-13H,6-7,10-11H2,1-5H3,(H,22,28)(H,26,27);;. The van der Waals surface area contributed by atoms with Crippen molar-refractivity contribution in [3.05, 3.63) is 45.7 Å². The summed E-state index contributed by atoms with van der Waals surface area (Å²) >= 11 is 0. The number of aromatic carboxylic acids is 1. The number of benzene rings is 1. The molecule has 2 N–H and O–H groups in total. The first-order valence-corrected chi connectivity index (χ1v) is 9.69. The van der Waals surface area contributed by atoms with Gasteiger partial charge in [0.25, 0.3) is 0 Å². The van der Waals surface area contributed by atoms with Gasteiger partial charge in [-0.1, -0.05) is 13.0 Å². The molecule has 0 saturated carbocycles. The summed E-state index contributed by atoms with van der Waals surface area (Å²) in [7, 11) is 0. The molecule has 0 saturated heterocycles. The third-order valence-electron chi connectivity index (χ3n) is 4.42. The van der Waals surface area contributed by atoms with Crippen LogP contribution in [0.15, 0.2) is 29.2 Å². The van der Waals surface area contributed by atoms with E-state index in [1.54, 1.807) is 36.4 Å². The first-order chi connectivity index (χ1) is 13.6. The van der Waals surface area contributed by atoms with Crippen LogP contribution in [0.5, 0.6) is 0 Å². The number of hydrogen-bond donors (Lipinski definition) is 2. The van der Waals surface area contributed by atoms with Crippen molar-refractivity contribution in [1.29, 1.82) is 0 Å². The van der Waals surface area contributed by atoms with Gasteiger partial charge in [0.2, 0.25) is 5.43 Å². The molecule has 0 unspecified atom stereocenters. The minimum absolute atomic E-state index is 0. The molecule has 1 amide bonds. The Balaban J connectivity index is 0.00000450. The van der Waals surface area contributed by atoms with Crippen LogP contribution in [0.2, 0.25) is 0 Å². The van der Waals surface area contributed by atoms with Gasteiger partial charge in [-0.3, -0.25) is 10.2 Å². The maximum absolute atomic E-state index is 12.6. The second-order valence-corrected chi connectivity index (χ2v) is 7.76. The van der Waals surface area contributed by atoms with Crippen LogP contribution in [0.3, 0.4) is 0 Å². The van der Waals surface area contributed by atoms with E-state index in [1.165, 1.54) is 6.20 Å². The molecule has 0 aliphatic rings. The van der Waals surface area contributed by atoms with Gasteiger partial charge in [-0.25, -0.2) is 14.6 Å². The van der Waals surface area contributed by atoms with Crippen molar-refractivity contribution in [2.75, 3.05) is 13.1 Å². The molecule has 0 bridgehead atoms. The normalized spacial score (nSPS) is 11.3. The van der Waals surface area contributed by atoms with Crippen molar-refractivity contribution in [1.82, 2.24) is 15.0 Å². The second kappa shape index (κ2) is 10.9. The van der Waals surface area contributed by atoms with Crippen LogP contribution in [0, 0.1) is 0 Å². The minimum atomic E-state index is -1.23. The van der Waals surface area contributed by atoms with Crippen molar-refractivity contribution in [2.24, 2.45) is 0 Å². The first kappa shape index (κ1) is 26.2. The monoisotopic (exact) mass is 427 g/mol. The molecule has 1 heterocycles. The summed E-state index contributed by atoms with van der Waals surface area (Å²) in [4.78, 5) is 35.9. The Labute approximate surface area is 198 Å². The van der Waals surface area contributed by atoms with Crippen LogP contribution in [0.4, 0.5) is 4.79 Å². The van der Waals surface area contributed by atoms with Crippen LogP contribution in [-0.2, 0) is 17.7 Å². The number of carboxylic acid groups (broad SMARTS) is 1. The van der Waals surface area contributed by atoms with E-state index in [0.717, 1.165) is 5.56 Å². The molecular weight excluding hydrogens is 397 g/mol. The molecule has 0 radical (unpaired) electrons. The third kappa shape index (κ3) is 6.84. The molecular formula is C21H30N3NaO5. The molecule has 0 fully saturated rings. The summed E-state index contributed by atoms with van der Waals surface area (Å²) < 4.78 is 7.02. The number of nitrogens with one attached hydrogen (secondary N) is 1. The molecule has 1 aromatic heterocycles. The topological polar surface area (TPSA) is 101 Å². The maximum atomic E-state index is 12.6. The quantitative estimate of drug-likeness (QED) is 0.520. The van der Waals surface area contributed by atoms with Gasteiger partial charge < -0.3 is 14.4 Å². The molecule has 0 spiro atoms. The van der Waals surface area contributed by atoms with Crippen LogP contribution in [0.1, 0.15) is 50.5 Å². The van der Waals surface area contributed by atoms with Gasteiger partial charge in [0.1, 0.15) is 11.2 Å². The molecule has 0 aliphatic heterocycles. The first-order valence-electron chi connectivity index (χ1n) is 9.69. The fraction of sp³-hybridized carbons (Fsp3) is 0.476. The summed E-state index contributed by atoms with van der Waals surface area (Å²) in [5.41, 5.74) is 2.99. The Morgan fingerprint density at radius 1 is 1.23 bits per heavy atom. The summed E-state index contributed by atoms with van der Waals surface area (Å²) in [6.07, 6.45) is 1.44. The van der Waals surface area contributed by atoms with Crippen molar-refractivity contribution >= 4 is 52.5 Å². The molecule has 30 heavy (non-hydrogen) atoms. The Hall–Kier alpha value is -1.87. The molecule has 0 atom stereocenters. The van der Waals surface area contributed by atoms with Gasteiger partial charge in [-0.15, -0.1) is 0 Å². The number of pyridine rings is 1. The number of hydrazine groups is 1. The summed E-state index contributed by atoms with van der Waals surface area (Å²) in [5.74, 6) is -1.23. The number of carbonyl (C=O) groups is 2. The summed E-state index contributed by atoms with van der Waals surface area (Å²) in [6, 6.07) is 5.48. The summed E-state index contributed by atoms with van der Waals surface area (Å²) in [6.45, 7) is 10.9. The Morgan fingerprint density at radius 2 is 1.90 bits per heavy atom. The fourth-order valence-electron chi connectivity index (χ4n) is 3.00. The number of ether oxygens (including phenoxy) is 1. The van der Waals surface area contributed by atoms with Crippen molar-refractivity contribution < 1.29 is 19.4 Å². The van der Waals surface area contributed by atoms with Gasteiger partial charge >= 0.3 is 41.6 Å². The molecule has 9 heteroatoms. The van der Waals surface area contributed by atoms with Crippen molar-refractivity contribution in [3.63, 3.8) is 0 Å². The number of carboxylic acids is 1. The molecule has 1 aromatic carbocycles. The van der Waals surface area contributed by atoms with E-state index >= 15 is 0 Å². The van der Waals surface area contributed by atoms with E-state index in [9.17, 15) is 19.5 Å². The zero-order chi connectivity index (χ0) is 21.8. The van der Waals surface area contributed by atoms with E-state index in [4.69, 9.17) is 4.74 Å². The van der Waals surface area contributed by atoms with Gasteiger partial charge in [0.05, 0.1) is 5.52 Å². The van der Waals surface area contributed by atoms with Gasteiger partial charge in [0, 0.05) is 31.2 Å². The van der Waals surface area contributed by atoms with Crippen LogP contribution in [0.25, 0.3) is 10.9 Å². The number of amides is 1. The number of rotatable bonds is 7. The average molecular weight is 427 g/mol. The van der Waals surface area contributed by atoms with Crippen LogP contribution < -0.4 is 10.9 Å². The molecule has 2 rings (SSSR count). The van der Waals surface area contributed by atoms with E-state index in [2.05, 4.69) is 5.43 Å². The number of likely N-dealkylation sites (N-methyl/N-ethyl adjacent to an activating group) is 1. The van der Waals surface area contributed by atoms with E-state index in [-0.39, 0.29) is 35.1 Å². The van der Waals surface area contributed by atoms with Crippen LogP contribution in [-0.4, -0.2) is 75.0 Å². The molecule has 0 aliphatic carbocycles. The number of fused-ring (bicyclic) bond motifs is 1. The third-order valence-corrected chi connectivity index (χ3v) is 4.42. The Morgan fingerprint density at radius 3 is 2.43 bits per heavy atom. The second-order valence-electron chi connectivity index (χ2n) is 7.76. The van der Waals surface area contributed by atoms with Crippen molar-refractivity contribution in [2.45, 2.75) is 53.2 Å². The number of hydrogen-bond acceptors (Lipinski definition) is 5. The molecule has 160 valence electrons. The van der Waals surface area contributed by atoms with E-state index < -0.39 is 23.1 Å². The SMILES string of the molecule is CCN(CCc1ccc2c(c1)c(=O)c(C(=O)O)cn2CC)NC(=O)OC(C)(C)C.[NaH]. The average Bonchev–Trinajstić information content (AvgIpc) is 2.63.